The van der Waals surface area contributed by atoms with Gasteiger partial charge in [-0.15, -0.1) is 0 Å². The molecule has 0 saturated heterocycles. The molecule has 0 spiro atoms. The molecule has 2 rings (SSSR count). The van der Waals surface area contributed by atoms with Crippen molar-refractivity contribution in [3.8, 4) is 5.69 Å². The van der Waals surface area contributed by atoms with Gasteiger partial charge in [-0.1, -0.05) is 0 Å². The van der Waals surface area contributed by atoms with Gasteiger partial charge < -0.3 is 5.73 Å². The summed E-state index contributed by atoms with van der Waals surface area (Å²) >= 11 is 0. The predicted octanol–water partition coefficient (Wildman–Crippen LogP) is 1.11. The normalized spacial score (nSPS) is 11.2. The minimum absolute atomic E-state index is 0.364. The Kier molecular flexibility index (Phi) is 2.55. The van der Waals surface area contributed by atoms with Crippen molar-refractivity contribution in [3.63, 3.8) is 0 Å². The Morgan fingerprint density at radius 3 is 2.80 bits per heavy atom. The highest BCUT2D eigenvalue weighted by molar-refractivity contribution is 5.28. The Balaban J connectivity index is 2.37. The lowest BCUT2D eigenvalue weighted by Crippen LogP contribution is -2.04. The van der Waals surface area contributed by atoms with Crippen LogP contribution in [-0.2, 0) is 6.54 Å². The second kappa shape index (κ2) is 3.86. The summed E-state index contributed by atoms with van der Waals surface area (Å²) in [7, 11) is 0. The highest BCUT2D eigenvalue weighted by Crippen LogP contribution is 2.12. The first-order valence-corrected chi connectivity index (χ1v) is 4.98. The van der Waals surface area contributed by atoms with Crippen molar-refractivity contribution in [2.45, 2.75) is 26.4 Å². The lowest BCUT2D eigenvalue weighted by Gasteiger charge is -2.04. The number of nitrogens with zero attached hydrogens (tertiary/aromatic N) is 4. The van der Waals surface area contributed by atoms with Gasteiger partial charge in [0.15, 0.2) is 0 Å². The van der Waals surface area contributed by atoms with Gasteiger partial charge in [0, 0.05) is 25.0 Å². The molecule has 0 aliphatic carbocycles. The Labute approximate surface area is 88.5 Å². The van der Waals surface area contributed by atoms with Gasteiger partial charge in [0.1, 0.15) is 0 Å². The predicted molar refractivity (Wildman–Crippen MR) is 57.6 cm³/mol. The standard InChI is InChI=1S/C10H15N5/c1-8(2)15-6-10(5-13-15)14-7-12-4-9(14)3-11/h4-8H,3,11H2,1-2H3. The number of hydrogen-bond acceptors (Lipinski definition) is 3. The molecule has 2 N–H and O–H groups in total. The van der Waals surface area contributed by atoms with Crippen molar-refractivity contribution < 1.29 is 0 Å². The molecule has 0 aliphatic rings. The fourth-order valence-electron chi connectivity index (χ4n) is 1.44. The number of nitrogens with two attached hydrogens (primary N) is 1. The number of rotatable bonds is 3. The minimum Gasteiger partial charge on any atom is -0.325 e. The molecule has 0 radical (unpaired) electrons. The van der Waals surface area contributed by atoms with Crippen molar-refractivity contribution >= 4 is 0 Å². The monoisotopic (exact) mass is 205 g/mol. The molecule has 0 fully saturated rings. The van der Waals surface area contributed by atoms with E-state index in [9.17, 15) is 0 Å². The van der Waals surface area contributed by atoms with Crippen LogP contribution in [0.1, 0.15) is 25.6 Å². The van der Waals surface area contributed by atoms with Crippen LogP contribution in [0, 0.1) is 0 Å². The number of hydrogen-bond donors (Lipinski definition) is 1. The molecule has 0 aromatic carbocycles. The van der Waals surface area contributed by atoms with E-state index in [1.807, 2.05) is 21.6 Å². The lowest BCUT2D eigenvalue weighted by atomic mass is 10.4. The topological polar surface area (TPSA) is 61.7 Å². The van der Waals surface area contributed by atoms with Gasteiger partial charge in [-0.25, -0.2) is 4.98 Å². The fourth-order valence-corrected chi connectivity index (χ4v) is 1.44. The first-order chi connectivity index (χ1) is 7.22. The smallest absolute Gasteiger partial charge is 0.0995 e. The van der Waals surface area contributed by atoms with Crippen molar-refractivity contribution in [2.75, 3.05) is 0 Å². The quantitative estimate of drug-likeness (QED) is 0.816. The van der Waals surface area contributed by atoms with Gasteiger partial charge in [0.25, 0.3) is 0 Å². The molecule has 0 aliphatic heterocycles. The Bertz CT molecular complexity index is 440. The van der Waals surface area contributed by atoms with Gasteiger partial charge in [-0.2, -0.15) is 5.10 Å². The third-order valence-electron chi connectivity index (χ3n) is 2.32. The highest BCUT2D eigenvalue weighted by Gasteiger charge is 2.06. The average Bonchev–Trinajstić information content (AvgIpc) is 2.85. The van der Waals surface area contributed by atoms with E-state index in [-0.39, 0.29) is 0 Å². The summed E-state index contributed by atoms with van der Waals surface area (Å²) in [4.78, 5) is 4.07. The van der Waals surface area contributed by atoms with Crippen LogP contribution < -0.4 is 5.73 Å². The molecule has 0 bridgehead atoms. The molecule has 2 aromatic heterocycles. The fraction of sp³-hybridized carbons (Fsp3) is 0.400. The maximum atomic E-state index is 5.61. The summed E-state index contributed by atoms with van der Waals surface area (Å²) in [5, 5.41) is 4.27. The van der Waals surface area contributed by atoms with Gasteiger partial charge >= 0.3 is 0 Å². The highest BCUT2D eigenvalue weighted by atomic mass is 15.3. The van der Waals surface area contributed by atoms with Crippen LogP contribution in [0.2, 0.25) is 0 Å². The van der Waals surface area contributed by atoms with Crippen LogP contribution in [0.3, 0.4) is 0 Å². The van der Waals surface area contributed by atoms with E-state index in [1.54, 1.807) is 12.5 Å². The molecular weight excluding hydrogens is 190 g/mol. The largest absolute Gasteiger partial charge is 0.325 e. The summed E-state index contributed by atoms with van der Waals surface area (Å²) in [6, 6.07) is 0.364. The zero-order chi connectivity index (χ0) is 10.8. The zero-order valence-corrected chi connectivity index (χ0v) is 8.96. The SMILES string of the molecule is CC(C)n1cc(-n2cncc2CN)cn1. The van der Waals surface area contributed by atoms with Crippen molar-refractivity contribution in [3.05, 3.63) is 30.6 Å². The Morgan fingerprint density at radius 2 is 2.20 bits per heavy atom. The summed E-state index contributed by atoms with van der Waals surface area (Å²) in [6.45, 7) is 4.66. The second-order valence-electron chi connectivity index (χ2n) is 3.73. The summed E-state index contributed by atoms with van der Waals surface area (Å²) in [5.41, 5.74) is 7.60. The number of aromatic nitrogens is 4. The molecule has 0 unspecified atom stereocenters. The van der Waals surface area contributed by atoms with E-state index in [2.05, 4.69) is 23.9 Å². The van der Waals surface area contributed by atoms with E-state index in [1.165, 1.54) is 0 Å². The van der Waals surface area contributed by atoms with Gasteiger partial charge in [-0.3, -0.25) is 9.25 Å². The Hall–Kier alpha value is -1.62. The molecule has 0 saturated carbocycles. The van der Waals surface area contributed by atoms with Crippen LogP contribution in [0.4, 0.5) is 0 Å². The molecule has 0 amide bonds. The van der Waals surface area contributed by atoms with Crippen LogP contribution >= 0.6 is 0 Å². The van der Waals surface area contributed by atoms with E-state index in [4.69, 9.17) is 5.73 Å². The van der Waals surface area contributed by atoms with Crippen molar-refractivity contribution in [1.29, 1.82) is 0 Å². The van der Waals surface area contributed by atoms with Crippen LogP contribution in [0.25, 0.3) is 5.69 Å². The summed E-state index contributed by atoms with van der Waals surface area (Å²) < 4.78 is 3.86. The molecule has 80 valence electrons. The first kappa shape index (κ1) is 9.92. The first-order valence-electron chi connectivity index (χ1n) is 4.98. The summed E-state index contributed by atoms with van der Waals surface area (Å²) in [5.74, 6) is 0. The van der Waals surface area contributed by atoms with Crippen LogP contribution in [0.15, 0.2) is 24.9 Å². The van der Waals surface area contributed by atoms with Gasteiger partial charge in [0.05, 0.1) is 23.9 Å². The lowest BCUT2D eigenvalue weighted by molar-refractivity contribution is 0.532. The van der Waals surface area contributed by atoms with Crippen molar-refractivity contribution in [1.82, 2.24) is 19.3 Å². The molecule has 5 nitrogen and oxygen atoms in total. The third kappa shape index (κ3) is 1.78. The van der Waals surface area contributed by atoms with Gasteiger partial charge in [-0.05, 0) is 13.8 Å². The molecular formula is C10H15N5. The third-order valence-corrected chi connectivity index (χ3v) is 2.32. The maximum absolute atomic E-state index is 5.61. The van der Waals surface area contributed by atoms with E-state index in [0.717, 1.165) is 11.4 Å². The van der Waals surface area contributed by atoms with E-state index < -0.39 is 0 Å². The molecule has 15 heavy (non-hydrogen) atoms. The molecule has 2 heterocycles. The average molecular weight is 205 g/mol. The van der Waals surface area contributed by atoms with E-state index in [0.29, 0.717) is 12.6 Å². The summed E-state index contributed by atoms with van der Waals surface area (Å²) in [6.07, 6.45) is 7.34. The minimum atomic E-state index is 0.364. The molecule has 5 heteroatoms. The zero-order valence-electron chi connectivity index (χ0n) is 8.96. The second-order valence-corrected chi connectivity index (χ2v) is 3.73. The van der Waals surface area contributed by atoms with Crippen LogP contribution in [0.5, 0.6) is 0 Å². The molecule has 0 atom stereocenters. The maximum Gasteiger partial charge on any atom is 0.0995 e. The van der Waals surface area contributed by atoms with E-state index >= 15 is 0 Å². The number of imidazole rings is 1. The van der Waals surface area contributed by atoms with Gasteiger partial charge in [0.2, 0.25) is 0 Å². The Morgan fingerprint density at radius 1 is 1.40 bits per heavy atom. The van der Waals surface area contributed by atoms with Crippen LogP contribution in [-0.4, -0.2) is 19.3 Å². The van der Waals surface area contributed by atoms with Crippen molar-refractivity contribution in [2.24, 2.45) is 5.73 Å². The molecule has 2 aromatic rings.